The summed E-state index contributed by atoms with van der Waals surface area (Å²) in [6.07, 6.45) is 7.22. The largest absolute Gasteiger partial charge is 0.480 e. The minimum Gasteiger partial charge on any atom is -0.480 e. The Labute approximate surface area is 123 Å². The number of rotatable bonds is 8. The maximum absolute atomic E-state index is 12.3. The molecule has 0 aliphatic heterocycles. The van der Waals surface area contributed by atoms with Gasteiger partial charge in [-0.05, 0) is 19.3 Å². The van der Waals surface area contributed by atoms with Crippen molar-refractivity contribution >= 4 is 12.0 Å². The first-order chi connectivity index (χ1) is 10.1. The molecule has 1 fully saturated rings. The minimum atomic E-state index is -1.04. The van der Waals surface area contributed by atoms with Crippen LogP contribution in [0.25, 0.3) is 0 Å². The lowest BCUT2D eigenvalue weighted by Gasteiger charge is -2.25. The molecule has 1 heterocycles. The van der Waals surface area contributed by atoms with Gasteiger partial charge in [0.25, 0.3) is 0 Å². The highest BCUT2D eigenvalue weighted by molar-refractivity contribution is 5.83. The molecule has 2 amide bonds. The smallest absolute Gasteiger partial charge is 0.326 e. The quantitative estimate of drug-likeness (QED) is 0.674. The van der Waals surface area contributed by atoms with Crippen molar-refractivity contribution in [3.05, 3.63) is 18.2 Å². The van der Waals surface area contributed by atoms with Gasteiger partial charge in [-0.25, -0.2) is 14.6 Å². The number of carbonyl (C=O) groups excluding carboxylic acids is 1. The van der Waals surface area contributed by atoms with Gasteiger partial charge in [0, 0.05) is 30.9 Å². The Hall–Kier alpha value is -2.05. The first-order valence-electron chi connectivity index (χ1n) is 7.39. The van der Waals surface area contributed by atoms with Gasteiger partial charge >= 0.3 is 12.0 Å². The summed E-state index contributed by atoms with van der Waals surface area (Å²) in [4.78, 5) is 32.1. The van der Waals surface area contributed by atoms with Crippen molar-refractivity contribution < 1.29 is 14.7 Å². The van der Waals surface area contributed by atoms with Gasteiger partial charge in [0.1, 0.15) is 6.04 Å². The molecule has 0 saturated heterocycles. The van der Waals surface area contributed by atoms with Gasteiger partial charge in [-0.15, -0.1) is 0 Å². The highest BCUT2D eigenvalue weighted by Gasteiger charge is 2.33. The molecule has 0 bridgehead atoms. The molecule has 1 saturated carbocycles. The monoisotopic (exact) mass is 294 g/mol. The number of unbranched alkanes of at least 4 members (excludes halogenated alkanes) is 1. The van der Waals surface area contributed by atoms with Crippen LogP contribution in [-0.2, 0) is 11.2 Å². The third kappa shape index (κ3) is 4.47. The van der Waals surface area contributed by atoms with Crippen LogP contribution in [0.15, 0.2) is 12.5 Å². The number of carbonyl (C=O) groups is 2. The Bertz CT molecular complexity index is 471. The van der Waals surface area contributed by atoms with Gasteiger partial charge in [0.05, 0.1) is 6.33 Å². The van der Waals surface area contributed by atoms with Crippen LogP contribution in [0.2, 0.25) is 0 Å². The summed E-state index contributed by atoms with van der Waals surface area (Å²) < 4.78 is 0. The first-order valence-corrected chi connectivity index (χ1v) is 7.39. The average Bonchev–Trinajstić information content (AvgIpc) is 3.15. The molecule has 0 unspecified atom stereocenters. The number of amides is 2. The predicted octanol–water partition coefficient (Wildman–Crippen LogP) is 1.38. The Morgan fingerprint density at radius 3 is 2.86 bits per heavy atom. The molecule has 3 N–H and O–H groups in total. The summed E-state index contributed by atoms with van der Waals surface area (Å²) in [5.74, 6) is -1.04. The standard InChI is InChI=1S/C14H22N4O3/c1-2-3-6-18(11-4-5-11)14(21)17-12(13(19)20)7-10-8-15-9-16-10/h8-9,11-12H,2-7H2,1H3,(H,15,16)(H,17,21)(H,19,20)/t12-/m0/s1. The number of H-pyrrole nitrogens is 1. The van der Waals surface area contributed by atoms with E-state index in [0.29, 0.717) is 12.2 Å². The number of imidazole rings is 1. The summed E-state index contributed by atoms with van der Waals surface area (Å²) in [5, 5.41) is 11.9. The lowest BCUT2D eigenvalue weighted by Crippen LogP contribution is -2.49. The van der Waals surface area contributed by atoms with Crippen molar-refractivity contribution in [1.82, 2.24) is 20.2 Å². The number of nitrogens with zero attached hydrogens (tertiary/aromatic N) is 2. The summed E-state index contributed by atoms with van der Waals surface area (Å²) in [5.41, 5.74) is 0.689. The molecule has 1 aromatic heterocycles. The fourth-order valence-corrected chi connectivity index (χ4v) is 2.21. The van der Waals surface area contributed by atoms with Crippen molar-refractivity contribution in [2.45, 2.75) is 51.1 Å². The number of aromatic nitrogens is 2. The van der Waals surface area contributed by atoms with Gasteiger partial charge in [-0.3, -0.25) is 0 Å². The Morgan fingerprint density at radius 1 is 1.57 bits per heavy atom. The molecular weight excluding hydrogens is 272 g/mol. The van der Waals surface area contributed by atoms with E-state index in [0.717, 1.165) is 25.7 Å². The van der Waals surface area contributed by atoms with Crippen LogP contribution in [0.4, 0.5) is 4.79 Å². The molecule has 7 nitrogen and oxygen atoms in total. The predicted molar refractivity (Wildman–Crippen MR) is 76.9 cm³/mol. The zero-order valence-electron chi connectivity index (χ0n) is 12.2. The number of aromatic amines is 1. The number of carboxylic acid groups (broad SMARTS) is 1. The van der Waals surface area contributed by atoms with E-state index in [9.17, 15) is 14.7 Å². The lowest BCUT2D eigenvalue weighted by atomic mass is 10.1. The van der Waals surface area contributed by atoms with E-state index in [1.807, 2.05) is 0 Å². The topological polar surface area (TPSA) is 98.3 Å². The van der Waals surface area contributed by atoms with Crippen LogP contribution in [0, 0.1) is 0 Å². The second-order valence-electron chi connectivity index (χ2n) is 5.40. The van der Waals surface area contributed by atoms with Crippen molar-refractivity contribution in [3.63, 3.8) is 0 Å². The number of nitrogens with one attached hydrogen (secondary N) is 2. The molecule has 116 valence electrons. The lowest BCUT2D eigenvalue weighted by molar-refractivity contribution is -0.139. The Morgan fingerprint density at radius 2 is 2.33 bits per heavy atom. The number of urea groups is 1. The van der Waals surface area contributed by atoms with Crippen LogP contribution in [0.1, 0.15) is 38.3 Å². The van der Waals surface area contributed by atoms with E-state index < -0.39 is 12.0 Å². The maximum Gasteiger partial charge on any atom is 0.326 e. The molecule has 2 rings (SSSR count). The molecule has 0 aromatic carbocycles. The second-order valence-corrected chi connectivity index (χ2v) is 5.40. The van der Waals surface area contributed by atoms with Crippen LogP contribution in [-0.4, -0.2) is 50.6 Å². The number of carboxylic acids is 1. The van der Waals surface area contributed by atoms with Crippen molar-refractivity contribution in [3.8, 4) is 0 Å². The van der Waals surface area contributed by atoms with E-state index in [2.05, 4.69) is 22.2 Å². The molecule has 0 radical (unpaired) electrons. The maximum atomic E-state index is 12.3. The van der Waals surface area contributed by atoms with E-state index in [1.54, 1.807) is 11.1 Å². The Kier molecular flexibility index (Phi) is 5.19. The number of hydrogen-bond donors (Lipinski definition) is 3. The minimum absolute atomic E-state index is 0.202. The van der Waals surface area contributed by atoms with Crippen LogP contribution in [0.5, 0.6) is 0 Å². The Balaban J connectivity index is 1.94. The molecule has 7 heteroatoms. The van der Waals surface area contributed by atoms with Gasteiger partial charge in [0.2, 0.25) is 0 Å². The zero-order valence-corrected chi connectivity index (χ0v) is 12.2. The summed E-state index contributed by atoms with van der Waals surface area (Å²) in [6.45, 7) is 2.75. The molecular formula is C14H22N4O3. The van der Waals surface area contributed by atoms with E-state index in [4.69, 9.17) is 0 Å². The van der Waals surface area contributed by atoms with Gasteiger partial charge < -0.3 is 20.3 Å². The normalized spacial score (nSPS) is 15.5. The fourth-order valence-electron chi connectivity index (χ4n) is 2.21. The molecule has 21 heavy (non-hydrogen) atoms. The van der Waals surface area contributed by atoms with Gasteiger partial charge in [0.15, 0.2) is 0 Å². The second kappa shape index (κ2) is 7.10. The van der Waals surface area contributed by atoms with Crippen LogP contribution >= 0.6 is 0 Å². The molecule has 1 atom stereocenters. The van der Waals surface area contributed by atoms with E-state index >= 15 is 0 Å². The zero-order chi connectivity index (χ0) is 15.2. The molecule has 0 spiro atoms. The van der Waals surface area contributed by atoms with Gasteiger partial charge in [-0.1, -0.05) is 13.3 Å². The fraction of sp³-hybridized carbons (Fsp3) is 0.643. The summed E-state index contributed by atoms with van der Waals surface area (Å²) in [7, 11) is 0. The van der Waals surface area contributed by atoms with Crippen molar-refractivity contribution in [2.24, 2.45) is 0 Å². The third-order valence-corrected chi connectivity index (χ3v) is 3.58. The van der Waals surface area contributed by atoms with Crippen molar-refractivity contribution in [1.29, 1.82) is 0 Å². The molecule has 1 aliphatic carbocycles. The SMILES string of the molecule is CCCCN(C(=O)N[C@@H](Cc1cnc[nH]1)C(=O)O)C1CC1. The molecule has 1 aromatic rings. The van der Waals surface area contributed by atoms with E-state index in [1.165, 1.54) is 6.33 Å². The average molecular weight is 294 g/mol. The van der Waals surface area contributed by atoms with Crippen molar-refractivity contribution in [2.75, 3.05) is 6.54 Å². The highest BCUT2D eigenvalue weighted by atomic mass is 16.4. The third-order valence-electron chi connectivity index (χ3n) is 3.58. The van der Waals surface area contributed by atoms with Crippen LogP contribution in [0.3, 0.4) is 0 Å². The van der Waals surface area contributed by atoms with Crippen LogP contribution < -0.4 is 5.32 Å². The summed E-state index contributed by atoms with van der Waals surface area (Å²) in [6, 6.07) is -0.947. The first kappa shape index (κ1) is 15.3. The summed E-state index contributed by atoms with van der Waals surface area (Å²) >= 11 is 0. The highest BCUT2D eigenvalue weighted by Crippen LogP contribution is 2.27. The number of hydrogen-bond acceptors (Lipinski definition) is 3. The number of aliphatic carboxylic acids is 1. The molecule has 1 aliphatic rings. The van der Waals surface area contributed by atoms with Gasteiger partial charge in [-0.2, -0.15) is 0 Å². The van der Waals surface area contributed by atoms with E-state index in [-0.39, 0.29) is 18.5 Å².